The Bertz CT molecular complexity index is 1030. The molecule has 0 amide bonds. The fraction of sp³-hybridized carbons (Fsp3) is 0.409. The highest BCUT2D eigenvalue weighted by Gasteiger charge is 2.36. The van der Waals surface area contributed by atoms with Crippen molar-refractivity contribution in [2.45, 2.75) is 56.7 Å². The van der Waals surface area contributed by atoms with Crippen molar-refractivity contribution in [3.8, 4) is 11.6 Å². The van der Waals surface area contributed by atoms with Gasteiger partial charge in [-0.2, -0.15) is 0 Å². The lowest BCUT2D eigenvalue weighted by Crippen LogP contribution is -2.32. The third-order valence-corrected chi connectivity index (χ3v) is 6.54. The van der Waals surface area contributed by atoms with Gasteiger partial charge in [0.2, 0.25) is 5.88 Å². The Balaban J connectivity index is 1.32. The quantitative estimate of drug-likeness (QED) is 0.661. The molecule has 1 fully saturated rings. The number of ether oxygens (including phenoxy) is 1. The molecule has 0 spiro atoms. The summed E-state index contributed by atoms with van der Waals surface area (Å²) in [7, 11) is 0. The summed E-state index contributed by atoms with van der Waals surface area (Å²) < 4.78 is 8.16. The van der Waals surface area contributed by atoms with Crippen molar-refractivity contribution >= 4 is 11.6 Å². The zero-order chi connectivity index (χ0) is 19.8. The SMILES string of the molecule is Cc1cccc(OC2CCC(Cl)(c3ccc4c(c3)CNCc3nncn3-4)CC2)n1. The molecule has 0 radical (unpaired) electrons. The van der Waals surface area contributed by atoms with Gasteiger partial charge >= 0.3 is 0 Å². The Morgan fingerprint density at radius 3 is 2.86 bits per heavy atom. The first-order valence-corrected chi connectivity index (χ1v) is 10.5. The van der Waals surface area contributed by atoms with Gasteiger partial charge in [-0.05, 0) is 55.9 Å². The molecule has 0 saturated heterocycles. The molecule has 2 aromatic heterocycles. The first-order valence-electron chi connectivity index (χ1n) is 10.1. The van der Waals surface area contributed by atoms with E-state index in [0.29, 0.717) is 12.4 Å². The Morgan fingerprint density at radius 1 is 1.17 bits per heavy atom. The topological polar surface area (TPSA) is 64.9 Å². The number of aryl methyl sites for hydroxylation is 1. The van der Waals surface area contributed by atoms with Crippen LogP contribution < -0.4 is 10.1 Å². The molecule has 7 heteroatoms. The minimum Gasteiger partial charge on any atom is -0.474 e. The molecular formula is C22H24ClN5O. The van der Waals surface area contributed by atoms with Crippen molar-refractivity contribution in [2.75, 3.05) is 0 Å². The largest absolute Gasteiger partial charge is 0.474 e. The van der Waals surface area contributed by atoms with Crippen molar-refractivity contribution < 1.29 is 4.74 Å². The van der Waals surface area contributed by atoms with E-state index in [-0.39, 0.29) is 11.0 Å². The molecule has 2 aliphatic rings. The highest BCUT2D eigenvalue weighted by atomic mass is 35.5. The van der Waals surface area contributed by atoms with Gasteiger partial charge in [0, 0.05) is 18.3 Å². The van der Waals surface area contributed by atoms with Crippen LogP contribution in [0.4, 0.5) is 0 Å². The highest BCUT2D eigenvalue weighted by molar-refractivity contribution is 6.24. The lowest BCUT2D eigenvalue weighted by molar-refractivity contribution is 0.132. The van der Waals surface area contributed by atoms with Crippen LogP contribution in [0.3, 0.4) is 0 Å². The molecule has 5 rings (SSSR count). The Labute approximate surface area is 175 Å². The maximum atomic E-state index is 7.13. The molecule has 0 atom stereocenters. The van der Waals surface area contributed by atoms with E-state index in [0.717, 1.165) is 49.4 Å². The first kappa shape index (κ1) is 18.6. The molecule has 1 aliphatic carbocycles. The second kappa shape index (κ2) is 7.43. The number of hydrogen-bond donors (Lipinski definition) is 1. The lowest BCUT2D eigenvalue weighted by Gasteiger charge is -2.36. The molecule has 0 unspecified atom stereocenters. The summed E-state index contributed by atoms with van der Waals surface area (Å²) >= 11 is 7.13. The van der Waals surface area contributed by atoms with E-state index in [1.54, 1.807) is 6.33 Å². The Kier molecular flexibility index (Phi) is 4.76. The van der Waals surface area contributed by atoms with E-state index in [2.05, 4.69) is 43.3 Å². The standard InChI is InChI=1S/C22H24ClN5O/c1-15-3-2-4-21(26-15)29-18-7-9-22(23,10-8-18)17-5-6-19-16(11-17)12-24-13-20-27-25-14-28(19)20/h2-6,11,14,18,24H,7-10,12-13H2,1H3. The maximum absolute atomic E-state index is 7.13. The van der Waals surface area contributed by atoms with Gasteiger partial charge < -0.3 is 10.1 Å². The highest BCUT2D eigenvalue weighted by Crippen LogP contribution is 2.44. The molecule has 1 aromatic carbocycles. The summed E-state index contributed by atoms with van der Waals surface area (Å²) in [5, 5.41) is 11.7. The van der Waals surface area contributed by atoms with E-state index in [4.69, 9.17) is 16.3 Å². The van der Waals surface area contributed by atoms with E-state index >= 15 is 0 Å². The molecule has 1 saturated carbocycles. The number of nitrogens with zero attached hydrogens (tertiary/aromatic N) is 4. The second-order valence-electron chi connectivity index (χ2n) is 7.96. The molecular weight excluding hydrogens is 386 g/mol. The zero-order valence-corrected chi connectivity index (χ0v) is 17.2. The second-order valence-corrected chi connectivity index (χ2v) is 8.69. The van der Waals surface area contributed by atoms with E-state index in [1.165, 1.54) is 11.1 Å². The predicted molar refractivity (Wildman–Crippen MR) is 111 cm³/mol. The van der Waals surface area contributed by atoms with Crippen LogP contribution in [0.2, 0.25) is 0 Å². The minimum atomic E-state index is -0.350. The minimum absolute atomic E-state index is 0.165. The number of rotatable bonds is 3. The number of halogens is 1. The summed E-state index contributed by atoms with van der Waals surface area (Å²) in [6, 6.07) is 12.4. The molecule has 0 bridgehead atoms. The Hall–Kier alpha value is -2.44. The van der Waals surface area contributed by atoms with Crippen LogP contribution in [0.5, 0.6) is 5.88 Å². The zero-order valence-electron chi connectivity index (χ0n) is 16.4. The third-order valence-electron chi connectivity index (χ3n) is 5.95. The molecule has 1 aliphatic heterocycles. The van der Waals surface area contributed by atoms with Gasteiger partial charge in [0.05, 0.1) is 17.1 Å². The van der Waals surface area contributed by atoms with Gasteiger partial charge in [-0.25, -0.2) is 4.98 Å². The number of fused-ring (bicyclic) bond motifs is 3. The smallest absolute Gasteiger partial charge is 0.213 e. The summed E-state index contributed by atoms with van der Waals surface area (Å²) in [5.74, 6) is 1.64. The van der Waals surface area contributed by atoms with Gasteiger partial charge in [0.25, 0.3) is 0 Å². The van der Waals surface area contributed by atoms with Gasteiger partial charge in [-0.15, -0.1) is 21.8 Å². The molecule has 3 heterocycles. The Morgan fingerprint density at radius 2 is 2.03 bits per heavy atom. The third kappa shape index (κ3) is 3.63. The van der Waals surface area contributed by atoms with Crippen LogP contribution in [0, 0.1) is 6.92 Å². The van der Waals surface area contributed by atoms with Crippen molar-refractivity contribution in [2.24, 2.45) is 0 Å². The average Bonchev–Trinajstić information content (AvgIpc) is 3.11. The summed E-state index contributed by atoms with van der Waals surface area (Å²) in [4.78, 5) is 4.11. The summed E-state index contributed by atoms with van der Waals surface area (Å²) in [6.45, 7) is 3.49. The van der Waals surface area contributed by atoms with Crippen LogP contribution in [0.15, 0.2) is 42.7 Å². The summed E-state index contributed by atoms with van der Waals surface area (Å²) in [6.07, 6.45) is 5.55. The van der Waals surface area contributed by atoms with Crippen LogP contribution in [0.25, 0.3) is 5.69 Å². The summed E-state index contributed by atoms with van der Waals surface area (Å²) in [5.41, 5.74) is 4.51. The first-order chi connectivity index (χ1) is 14.1. The van der Waals surface area contributed by atoms with Gasteiger partial charge in [0.1, 0.15) is 12.4 Å². The molecule has 150 valence electrons. The van der Waals surface area contributed by atoms with Crippen LogP contribution in [-0.4, -0.2) is 25.9 Å². The van der Waals surface area contributed by atoms with Crippen molar-refractivity contribution in [3.63, 3.8) is 0 Å². The lowest BCUT2D eigenvalue weighted by atomic mass is 9.81. The predicted octanol–water partition coefficient (Wildman–Crippen LogP) is 4.03. The maximum Gasteiger partial charge on any atom is 0.213 e. The molecule has 29 heavy (non-hydrogen) atoms. The molecule has 6 nitrogen and oxygen atoms in total. The van der Waals surface area contributed by atoms with Gasteiger partial charge in [-0.1, -0.05) is 18.2 Å². The number of nitrogens with one attached hydrogen (secondary N) is 1. The van der Waals surface area contributed by atoms with Crippen molar-refractivity contribution in [1.82, 2.24) is 25.1 Å². The van der Waals surface area contributed by atoms with E-state index in [1.807, 2.05) is 25.1 Å². The number of alkyl halides is 1. The van der Waals surface area contributed by atoms with Gasteiger partial charge in [0.15, 0.2) is 5.82 Å². The number of benzene rings is 1. The van der Waals surface area contributed by atoms with Gasteiger partial charge in [-0.3, -0.25) is 4.57 Å². The van der Waals surface area contributed by atoms with Crippen LogP contribution in [0.1, 0.15) is 48.3 Å². The average molecular weight is 410 g/mol. The normalized spacial score (nSPS) is 23.7. The van der Waals surface area contributed by atoms with Crippen molar-refractivity contribution in [1.29, 1.82) is 0 Å². The number of aromatic nitrogens is 4. The fourth-order valence-electron chi connectivity index (χ4n) is 4.34. The number of pyridine rings is 1. The van der Waals surface area contributed by atoms with Crippen LogP contribution in [-0.2, 0) is 18.0 Å². The van der Waals surface area contributed by atoms with Crippen LogP contribution >= 0.6 is 11.6 Å². The van der Waals surface area contributed by atoms with E-state index in [9.17, 15) is 0 Å². The molecule has 1 N–H and O–H groups in total. The van der Waals surface area contributed by atoms with Crippen molar-refractivity contribution in [3.05, 3.63) is 65.4 Å². The molecule has 3 aromatic rings. The monoisotopic (exact) mass is 409 g/mol. The van der Waals surface area contributed by atoms with E-state index < -0.39 is 0 Å². The number of hydrogen-bond acceptors (Lipinski definition) is 5. The fourth-order valence-corrected chi connectivity index (χ4v) is 4.68.